The van der Waals surface area contributed by atoms with Gasteiger partial charge >= 0.3 is 0 Å². The molecule has 26 heavy (non-hydrogen) atoms. The van der Waals surface area contributed by atoms with E-state index in [-0.39, 0.29) is 0 Å². The molecule has 0 aliphatic heterocycles. The van der Waals surface area contributed by atoms with E-state index >= 15 is 0 Å². The van der Waals surface area contributed by atoms with Gasteiger partial charge in [0.15, 0.2) is 0 Å². The third kappa shape index (κ3) is 3.55. The summed E-state index contributed by atoms with van der Waals surface area (Å²) in [7, 11) is 0. The summed E-state index contributed by atoms with van der Waals surface area (Å²) in [5.41, 5.74) is 9.17. The largest absolute Gasteiger partial charge is 0.0843 e. The molecule has 0 aromatic heterocycles. The predicted molar refractivity (Wildman–Crippen MR) is 111 cm³/mol. The first-order valence-corrected chi connectivity index (χ1v) is 9.63. The van der Waals surface area contributed by atoms with E-state index in [1.165, 1.54) is 40.7 Å². The molecule has 0 radical (unpaired) electrons. The normalized spacial score (nSPS) is 11.9. The lowest BCUT2D eigenvalue weighted by molar-refractivity contribution is 0.901. The minimum absolute atomic E-state index is 0.741. The summed E-state index contributed by atoms with van der Waals surface area (Å²) in [6, 6.07) is 21.3. The van der Waals surface area contributed by atoms with Crippen LogP contribution in [0.1, 0.15) is 41.2 Å². The molecule has 0 atom stereocenters. The molecule has 0 fully saturated rings. The molecule has 0 nitrogen and oxygen atoms in total. The Morgan fingerprint density at radius 3 is 2.12 bits per heavy atom. The highest BCUT2D eigenvalue weighted by Gasteiger charge is 2.16. The summed E-state index contributed by atoms with van der Waals surface area (Å²) in [4.78, 5) is 0. The molecule has 0 amide bonds. The topological polar surface area (TPSA) is 0 Å². The smallest absolute Gasteiger partial charge is 0.0406 e. The molecule has 1 aliphatic carbocycles. The maximum atomic E-state index is 5.93. The molecule has 0 unspecified atom stereocenters. The van der Waals surface area contributed by atoms with Crippen molar-refractivity contribution in [2.45, 2.75) is 32.6 Å². The molecule has 3 aromatic rings. The zero-order chi connectivity index (χ0) is 17.9. The minimum Gasteiger partial charge on any atom is -0.0843 e. The number of fused-ring (bicyclic) bond motifs is 3. The van der Waals surface area contributed by atoms with E-state index in [2.05, 4.69) is 55.2 Å². The molecule has 0 bridgehead atoms. The second-order valence-corrected chi connectivity index (χ2v) is 7.31. The zero-order valence-corrected chi connectivity index (χ0v) is 15.7. The average Bonchev–Trinajstić information content (AvgIpc) is 2.67. The number of hydrogen-bond acceptors (Lipinski definition) is 0. The van der Waals surface area contributed by atoms with Crippen LogP contribution < -0.4 is 0 Å². The summed E-state index contributed by atoms with van der Waals surface area (Å²) in [5.74, 6) is 6.51. The standard InChI is InChI=1S/C25H21Cl/c1-2-3-19-8-14-24-21(16-19)10-11-22-17-20(9-15-25(22)24)5-4-18-6-12-23(26)13-7-18/h6-9,12-17H,2-3,10-11H2,1H3. The Morgan fingerprint density at radius 1 is 0.769 bits per heavy atom. The molecule has 0 saturated carbocycles. The molecule has 0 saturated heterocycles. The first kappa shape index (κ1) is 17.0. The monoisotopic (exact) mass is 356 g/mol. The molecule has 3 aromatic carbocycles. The van der Waals surface area contributed by atoms with E-state index in [4.69, 9.17) is 11.6 Å². The van der Waals surface area contributed by atoms with Gasteiger partial charge in [-0.15, -0.1) is 0 Å². The lowest BCUT2D eigenvalue weighted by Crippen LogP contribution is -2.05. The maximum absolute atomic E-state index is 5.93. The van der Waals surface area contributed by atoms with Crippen molar-refractivity contribution in [1.82, 2.24) is 0 Å². The first-order valence-electron chi connectivity index (χ1n) is 9.25. The van der Waals surface area contributed by atoms with Crippen molar-refractivity contribution < 1.29 is 0 Å². The molecular formula is C25H21Cl. The summed E-state index contributed by atoms with van der Waals surface area (Å²) in [6.07, 6.45) is 4.58. The number of hydrogen-bond donors (Lipinski definition) is 0. The SMILES string of the molecule is CCCc1ccc2c(c1)CCc1cc(C#Cc3ccc(Cl)cc3)ccc1-2. The quantitative estimate of drug-likeness (QED) is 0.462. The van der Waals surface area contributed by atoms with Crippen LogP contribution in [0.25, 0.3) is 11.1 Å². The number of rotatable bonds is 2. The number of halogens is 1. The van der Waals surface area contributed by atoms with Gasteiger partial charge < -0.3 is 0 Å². The Kier molecular flexibility index (Phi) is 4.83. The highest BCUT2D eigenvalue weighted by Crippen LogP contribution is 2.34. The van der Waals surface area contributed by atoms with Gasteiger partial charge in [0.25, 0.3) is 0 Å². The van der Waals surface area contributed by atoms with Crippen molar-refractivity contribution >= 4 is 11.6 Å². The maximum Gasteiger partial charge on any atom is 0.0406 e. The Bertz CT molecular complexity index is 1000. The molecular weight excluding hydrogens is 336 g/mol. The fraction of sp³-hybridized carbons (Fsp3) is 0.200. The van der Waals surface area contributed by atoms with Gasteiger partial charge in [-0.05, 0) is 83.5 Å². The highest BCUT2D eigenvalue weighted by molar-refractivity contribution is 6.30. The molecule has 4 rings (SSSR count). The van der Waals surface area contributed by atoms with Crippen LogP contribution in [0, 0.1) is 11.8 Å². The fourth-order valence-corrected chi connectivity index (χ4v) is 3.77. The third-order valence-corrected chi connectivity index (χ3v) is 5.21. The van der Waals surface area contributed by atoms with Crippen LogP contribution in [0.2, 0.25) is 5.02 Å². The summed E-state index contributed by atoms with van der Waals surface area (Å²) >= 11 is 5.93. The van der Waals surface area contributed by atoms with Crippen molar-refractivity contribution in [1.29, 1.82) is 0 Å². The zero-order valence-electron chi connectivity index (χ0n) is 15.0. The molecule has 0 N–H and O–H groups in total. The molecule has 0 spiro atoms. The predicted octanol–water partition coefficient (Wildman–Crippen LogP) is 6.46. The Hall–Kier alpha value is -2.49. The van der Waals surface area contributed by atoms with Crippen LogP contribution >= 0.6 is 11.6 Å². The van der Waals surface area contributed by atoms with Gasteiger partial charge in [-0.1, -0.05) is 61.1 Å². The Labute approximate surface area is 160 Å². The first-order chi connectivity index (χ1) is 12.7. The summed E-state index contributed by atoms with van der Waals surface area (Å²) in [5, 5.41) is 0.741. The lowest BCUT2D eigenvalue weighted by Gasteiger charge is -2.21. The molecule has 1 aliphatic rings. The Morgan fingerprint density at radius 2 is 1.38 bits per heavy atom. The third-order valence-electron chi connectivity index (χ3n) is 4.96. The van der Waals surface area contributed by atoms with E-state index in [0.717, 1.165) is 29.0 Å². The van der Waals surface area contributed by atoms with Crippen LogP contribution in [-0.2, 0) is 19.3 Å². The molecule has 1 heteroatoms. The lowest BCUT2D eigenvalue weighted by atomic mass is 9.84. The van der Waals surface area contributed by atoms with E-state index in [1.807, 2.05) is 24.3 Å². The average molecular weight is 357 g/mol. The fourth-order valence-electron chi connectivity index (χ4n) is 3.65. The van der Waals surface area contributed by atoms with Crippen molar-refractivity contribution in [3.8, 4) is 23.0 Å². The van der Waals surface area contributed by atoms with Gasteiger partial charge in [0.05, 0.1) is 0 Å². The van der Waals surface area contributed by atoms with Crippen molar-refractivity contribution in [3.63, 3.8) is 0 Å². The molecule has 128 valence electrons. The van der Waals surface area contributed by atoms with Gasteiger partial charge in [0.2, 0.25) is 0 Å². The van der Waals surface area contributed by atoms with Gasteiger partial charge in [0.1, 0.15) is 0 Å². The molecule has 0 heterocycles. The number of benzene rings is 3. The van der Waals surface area contributed by atoms with Gasteiger partial charge in [-0.25, -0.2) is 0 Å². The van der Waals surface area contributed by atoms with Gasteiger partial charge in [-0.3, -0.25) is 0 Å². The second-order valence-electron chi connectivity index (χ2n) is 6.87. The van der Waals surface area contributed by atoms with Crippen molar-refractivity contribution in [2.24, 2.45) is 0 Å². The van der Waals surface area contributed by atoms with Crippen LogP contribution in [0.4, 0.5) is 0 Å². The second kappa shape index (κ2) is 7.40. The van der Waals surface area contributed by atoms with Gasteiger partial charge in [-0.2, -0.15) is 0 Å². The van der Waals surface area contributed by atoms with E-state index in [9.17, 15) is 0 Å². The van der Waals surface area contributed by atoms with Crippen LogP contribution in [0.5, 0.6) is 0 Å². The summed E-state index contributed by atoms with van der Waals surface area (Å²) in [6.45, 7) is 2.24. The summed E-state index contributed by atoms with van der Waals surface area (Å²) < 4.78 is 0. The number of aryl methyl sites for hydroxylation is 3. The highest BCUT2D eigenvalue weighted by atomic mass is 35.5. The van der Waals surface area contributed by atoms with Crippen molar-refractivity contribution in [3.05, 3.63) is 93.5 Å². The van der Waals surface area contributed by atoms with E-state index in [0.29, 0.717) is 0 Å². The minimum atomic E-state index is 0.741. The van der Waals surface area contributed by atoms with E-state index in [1.54, 1.807) is 0 Å². The van der Waals surface area contributed by atoms with Crippen molar-refractivity contribution in [2.75, 3.05) is 0 Å². The Balaban J connectivity index is 1.63. The van der Waals surface area contributed by atoms with Crippen LogP contribution in [0.15, 0.2) is 60.7 Å². The van der Waals surface area contributed by atoms with E-state index < -0.39 is 0 Å². The van der Waals surface area contributed by atoms with Crippen LogP contribution in [-0.4, -0.2) is 0 Å². The van der Waals surface area contributed by atoms with Gasteiger partial charge in [0, 0.05) is 16.1 Å². The van der Waals surface area contributed by atoms with Crippen LogP contribution in [0.3, 0.4) is 0 Å².